The number of ether oxygens (including phenoxy) is 1. The Hall–Kier alpha value is -0.890. The van der Waals surface area contributed by atoms with Gasteiger partial charge in [-0.15, -0.1) is 0 Å². The highest BCUT2D eigenvalue weighted by Crippen LogP contribution is 2.23. The van der Waals surface area contributed by atoms with Gasteiger partial charge in [-0.05, 0) is 53.6 Å². The van der Waals surface area contributed by atoms with Crippen LogP contribution >= 0.6 is 0 Å². The summed E-state index contributed by atoms with van der Waals surface area (Å²) in [5, 5.41) is 1.67. The number of hydrogen-bond acceptors (Lipinski definition) is 6. The van der Waals surface area contributed by atoms with E-state index in [0.717, 1.165) is 32.0 Å². The molecule has 3 fully saturated rings. The fourth-order valence-corrected chi connectivity index (χ4v) is 4.06. The highest BCUT2D eigenvalue weighted by atomic mass is 16.6. The maximum absolute atomic E-state index is 11.9. The van der Waals surface area contributed by atoms with E-state index >= 15 is 0 Å². The van der Waals surface area contributed by atoms with E-state index in [9.17, 15) is 4.79 Å². The molecular weight excluding hydrogens is 318 g/mol. The van der Waals surface area contributed by atoms with Gasteiger partial charge in [-0.25, -0.2) is 15.2 Å². The molecule has 7 nitrogen and oxygen atoms in total. The largest absolute Gasteiger partial charge is 0.443 e. The van der Waals surface area contributed by atoms with Gasteiger partial charge in [-0.1, -0.05) is 6.92 Å². The molecule has 3 aliphatic rings. The molecule has 0 aromatic carbocycles. The second-order valence-electron chi connectivity index (χ2n) is 9.11. The van der Waals surface area contributed by atoms with E-state index in [1.165, 1.54) is 13.0 Å². The van der Waals surface area contributed by atoms with E-state index in [0.29, 0.717) is 12.1 Å². The molecule has 0 aromatic heterocycles. The Morgan fingerprint density at radius 2 is 1.72 bits per heavy atom. The molecule has 0 saturated carbocycles. The molecule has 2 unspecified atom stereocenters. The van der Waals surface area contributed by atoms with E-state index in [2.05, 4.69) is 36.2 Å². The van der Waals surface area contributed by atoms with Crippen molar-refractivity contribution in [3.05, 3.63) is 0 Å². The Morgan fingerprint density at radius 1 is 1.08 bits per heavy atom. The van der Waals surface area contributed by atoms with Crippen molar-refractivity contribution >= 4 is 6.09 Å². The zero-order valence-corrected chi connectivity index (χ0v) is 16.8. The van der Waals surface area contributed by atoms with Crippen molar-refractivity contribution in [2.24, 2.45) is 11.7 Å². The Bertz CT molecular complexity index is 428. The van der Waals surface area contributed by atoms with Crippen LogP contribution in [0, 0.1) is 5.92 Å². The van der Waals surface area contributed by atoms with E-state index < -0.39 is 5.60 Å². The molecular formula is C18H37N5O2. The van der Waals surface area contributed by atoms with Gasteiger partial charge in [0.2, 0.25) is 0 Å². The number of hydrogen-bond donors (Lipinski definition) is 2. The lowest BCUT2D eigenvalue weighted by Gasteiger charge is -2.31. The first kappa shape index (κ1) is 20.4. The molecule has 7 heteroatoms. The number of piperidine rings is 2. The molecule has 3 aliphatic heterocycles. The molecule has 0 aromatic rings. The van der Waals surface area contributed by atoms with E-state index in [4.69, 9.17) is 10.5 Å². The van der Waals surface area contributed by atoms with Crippen molar-refractivity contribution in [3.63, 3.8) is 0 Å². The number of hydrazine groups is 1. The summed E-state index contributed by atoms with van der Waals surface area (Å²) in [6, 6.07) is 1.05. The van der Waals surface area contributed by atoms with E-state index in [1.54, 1.807) is 5.01 Å². The second-order valence-corrected chi connectivity index (χ2v) is 9.11. The summed E-state index contributed by atoms with van der Waals surface area (Å²) in [7, 11) is 4.22. The number of carbonyl (C=O) groups is 1. The predicted octanol–water partition coefficient (Wildman–Crippen LogP) is 1.10. The average molecular weight is 356 g/mol. The van der Waals surface area contributed by atoms with Crippen LogP contribution < -0.4 is 11.2 Å². The molecule has 1 amide bonds. The second kappa shape index (κ2) is 8.20. The van der Waals surface area contributed by atoms with Crippen molar-refractivity contribution in [2.45, 2.75) is 64.3 Å². The van der Waals surface area contributed by atoms with E-state index in [-0.39, 0.29) is 12.1 Å². The normalized spacial score (nSPS) is 33.6. The van der Waals surface area contributed by atoms with Crippen LogP contribution in [0.2, 0.25) is 0 Å². The lowest BCUT2D eigenvalue weighted by Crippen LogP contribution is -2.47. The number of nitrogens with zero attached hydrogens (tertiary/aromatic N) is 3. The Kier molecular flexibility index (Phi) is 6.70. The fraction of sp³-hybridized carbons (Fsp3) is 0.944. The first-order valence-corrected chi connectivity index (χ1v) is 9.44. The van der Waals surface area contributed by atoms with Crippen LogP contribution in [0.4, 0.5) is 4.79 Å². The third-order valence-electron chi connectivity index (χ3n) is 4.76. The zero-order valence-electron chi connectivity index (χ0n) is 16.8. The molecule has 0 aliphatic carbocycles. The van der Waals surface area contributed by atoms with Crippen LogP contribution in [0.3, 0.4) is 0 Å². The lowest BCUT2D eigenvalue weighted by molar-refractivity contribution is 0.0120. The van der Waals surface area contributed by atoms with Crippen molar-refractivity contribution in [2.75, 3.05) is 40.3 Å². The van der Waals surface area contributed by atoms with Crippen LogP contribution in [0.25, 0.3) is 0 Å². The van der Waals surface area contributed by atoms with E-state index in [1.807, 2.05) is 20.8 Å². The topological polar surface area (TPSA) is 74.1 Å². The smallest absolute Gasteiger partial charge is 0.425 e. The number of carbonyl (C=O) groups excluding carboxylic acids is 1. The summed E-state index contributed by atoms with van der Waals surface area (Å²) < 4.78 is 5.37. The number of nitrogens with two attached hydrogens (primary N) is 1. The van der Waals surface area contributed by atoms with Crippen LogP contribution in [-0.2, 0) is 4.74 Å². The molecule has 3 rings (SSSR count). The molecule has 146 valence electrons. The fourth-order valence-electron chi connectivity index (χ4n) is 4.06. The average Bonchev–Trinajstić information content (AvgIpc) is 2.71. The third kappa shape index (κ3) is 6.40. The van der Waals surface area contributed by atoms with Gasteiger partial charge in [0.15, 0.2) is 0 Å². The van der Waals surface area contributed by atoms with Crippen LogP contribution in [0.1, 0.15) is 40.5 Å². The highest BCUT2D eigenvalue weighted by Gasteiger charge is 2.41. The van der Waals surface area contributed by atoms with Crippen molar-refractivity contribution < 1.29 is 9.53 Å². The van der Waals surface area contributed by atoms with Crippen LogP contribution in [0.5, 0.6) is 0 Å². The summed E-state index contributed by atoms with van der Waals surface area (Å²) in [5.41, 5.74) is 8.57. The quantitative estimate of drug-likeness (QED) is 0.678. The molecule has 2 bridgehead atoms. The number of amides is 1. The maximum Gasteiger partial charge on any atom is 0.425 e. The highest BCUT2D eigenvalue weighted by molar-refractivity contribution is 5.68. The Balaban J connectivity index is 0.000000212. The molecule has 3 heterocycles. The minimum absolute atomic E-state index is 0.249. The number of likely N-dealkylation sites (N-methyl/N-ethyl adjacent to an activating group) is 2. The van der Waals surface area contributed by atoms with Gasteiger partial charge in [0.05, 0.1) is 6.04 Å². The van der Waals surface area contributed by atoms with Crippen molar-refractivity contribution in [1.82, 2.24) is 20.2 Å². The number of likely N-dealkylation sites (tertiary alicyclic amines) is 2. The molecule has 3 N–H and O–H groups in total. The third-order valence-corrected chi connectivity index (χ3v) is 4.76. The molecule has 25 heavy (non-hydrogen) atoms. The van der Waals surface area contributed by atoms with Gasteiger partial charge < -0.3 is 20.3 Å². The molecule has 3 saturated heterocycles. The van der Waals surface area contributed by atoms with Crippen molar-refractivity contribution in [3.8, 4) is 0 Å². The maximum atomic E-state index is 11.9. The van der Waals surface area contributed by atoms with Crippen molar-refractivity contribution in [1.29, 1.82) is 0 Å². The summed E-state index contributed by atoms with van der Waals surface area (Å²) >= 11 is 0. The predicted molar refractivity (Wildman–Crippen MR) is 100 cm³/mol. The van der Waals surface area contributed by atoms with Gasteiger partial charge in [-0.2, -0.15) is 0 Å². The van der Waals surface area contributed by atoms with Gasteiger partial charge in [0.1, 0.15) is 5.60 Å². The number of fused-ring (bicyclic) bond motifs is 2. The molecule has 4 atom stereocenters. The minimum Gasteiger partial charge on any atom is -0.443 e. The molecule has 0 radical (unpaired) electrons. The zero-order chi connectivity index (χ0) is 18.8. The lowest BCUT2D eigenvalue weighted by atomic mass is 9.97. The first-order chi connectivity index (χ1) is 11.5. The summed E-state index contributed by atoms with van der Waals surface area (Å²) in [5.74, 6) is 0.791. The summed E-state index contributed by atoms with van der Waals surface area (Å²) in [6.45, 7) is 12.1. The minimum atomic E-state index is -0.429. The standard InChI is InChI=1S/C11H21N3O2.C7H16N2/c1-11(2,3)16-10(15)14-9-5-8(12-14)6-13(4)7-9;1-6-3-7(8)5-9(2)4-6/h8-9,12H,5-7H2,1-4H3;6-7H,3-5,8H2,1-2H3/t;6-,7+/m.1/s1. The number of rotatable bonds is 0. The van der Waals surface area contributed by atoms with Gasteiger partial charge in [0, 0.05) is 38.3 Å². The SMILES string of the molecule is CN1CC2CC(C1)N(C(=O)OC(C)(C)C)N2.C[C@@H]1C[C@H](N)CN(C)C1. The van der Waals surface area contributed by atoms with Crippen LogP contribution in [0.15, 0.2) is 0 Å². The monoisotopic (exact) mass is 355 g/mol. The van der Waals surface area contributed by atoms with Gasteiger partial charge in [0.25, 0.3) is 0 Å². The first-order valence-electron chi connectivity index (χ1n) is 9.44. The molecule has 0 spiro atoms. The summed E-state index contributed by atoms with van der Waals surface area (Å²) in [4.78, 5) is 16.5. The van der Waals surface area contributed by atoms with Gasteiger partial charge >= 0.3 is 6.09 Å². The van der Waals surface area contributed by atoms with Gasteiger partial charge in [-0.3, -0.25) is 0 Å². The van der Waals surface area contributed by atoms with Crippen LogP contribution in [-0.4, -0.2) is 84.9 Å². The summed E-state index contributed by atoms with van der Waals surface area (Å²) in [6.07, 6.45) is 1.98. The Labute approximate surface area is 152 Å². The number of nitrogens with one attached hydrogen (secondary N) is 1. The Morgan fingerprint density at radius 3 is 2.28 bits per heavy atom.